The van der Waals surface area contributed by atoms with E-state index in [9.17, 15) is 0 Å². The van der Waals surface area contributed by atoms with E-state index in [1.807, 2.05) is 0 Å². The van der Waals surface area contributed by atoms with Crippen molar-refractivity contribution in [1.82, 2.24) is 0 Å². The van der Waals surface area contributed by atoms with Gasteiger partial charge >= 0.3 is 0 Å². The SMILES string of the molecule is IC(I)=C1CCOC1. The summed E-state index contributed by atoms with van der Waals surface area (Å²) in [6.07, 6.45) is 1.14. The Morgan fingerprint density at radius 3 is 2.50 bits per heavy atom. The number of rotatable bonds is 0. The maximum absolute atomic E-state index is 5.15. The third-order valence-electron chi connectivity index (χ3n) is 1.09. The summed E-state index contributed by atoms with van der Waals surface area (Å²) in [5.41, 5.74) is 1.46. The number of ether oxygens (including phenoxy) is 1. The van der Waals surface area contributed by atoms with Crippen LogP contribution in [0.15, 0.2) is 7.16 Å². The minimum Gasteiger partial charge on any atom is -0.377 e. The number of hydrogen-bond acceptors (Lipinski definition) is 1. The van der Waals surface area contributed by atoms with Crippen LogP contribution in [0.5, 0.6) is 0 Å². The van der Waals surface area contributed by atoms with Gasteiger partial charge in [-0.2, -0.15) is 0 Å². The van der Waals surface area contributed by atoms with Gasteiger partial charge < -0.3 is 4.74 Å². The van der Waals surface area contributed by atoms with E-state index >= 15 is 0 Å². The predicted octanol–water partition coefficient (Wildman–Crippen LogP) is 2.49. The molecule has 1 rings (SSSR count). The lowest BCUT2D eigenvalue weighted by Gasteiger charge is -1.89. The molecule has 0 radical (unpaired) electrons. The lowest BCUT2D eigenvalue weighted by atomic mass is 10.3. The highest BCUT2D eigenvalue weighted by atomic mass is 127. The summed E-state index contributed by atoms with van der Waals surface area (Å²) in [5.74, 6) is 0. The molecule has 0 atom stereocenters. The van der Waals surface area contributed by atoms with Crippen molar-refractivity contribution in [2.75, 3.05) is 13.2 Å². The Labute approximate surface area is 76.1 Å². The normalized spacial score (nSPS) is 19.5. The van der Waals surface area contributed by atoms with Gasteiger partial charge in [0.25, 0.3) is 0 Å². The van der Waals surface area contributed by atoms with Gasteiger partial charge in [0.05, 0.1) is 14.8 Å². The zero-order valence-electron chi connectivity index (χ0n) is 4.29. The topological polar surface area (TPSA) is 9.23 Å². The van der Waals surface area contributed by atoms with Gasteiger partial charge in [-0.25, -0.2) is 0 Å². The van der Waals surface area contributed by atoms with Crippen LogP contribution in [0.25, 0.3) is 0 Å². The molecule has 1 fully saturated rings. The maximum atomic E-state index is 5.15. The fraction of sp³-hybridized carbons (Fsp3) is 0.600. The van der Waals surface area contributed by atoms with E-state index in [2.05, 4.69) is 45.2 Å². The van der Waals surface area contributed by atoms with Crippen LogP contribution in [0.2, 0.25) is 0 Å². The van der Waals surface area contributed by atoms with Gasteiger partial charge in [-0.1, -0.05) is 0 Å². The first kappa shape index (κ1) is 7.27. The summed E-state index contributed by atoms with van der Waals surface area (Å²) in [5, 5.41) is 0. The fourth-order valence-corrected chi connectivity index (χ4v) is 1.46. The third-order valence-corrected chi connectivity index (χ3v) is 2.62. The summed E-state index contributed by atoms with van der Waals surface area (Å²) in [7, 11) is 0. The van der Waals surface area contributed by atoms with Crippen molar-refractivity contribution in [3.8, 4) is 0 Å². The van der Waals surface area contributed by atoms with E-state index in [-0.39, 0.29) is 0 Å². The van der Waals surface area contributed by atoms with Crippen molar-refractivity contribution >= 4 is 45.2 Å². The number of hydrogen-bond donors (Lipinski definition) is 0. The average molecular weight is 336 g/mol. The molecule has 0 bridgehead atoms. The van der Waals surface area contributed by atoms with Gasteiger partial charge in [-0.3, -0.25) is 0 Å². The van der Waals surface area contributed by atoms with Gasteiger partial charge in [0.15, 0.2) is 0 Å². The van der Waals surface area contributed by atoms with E-state index in [1.54, 1.807) is 0 Å². The highest BCUT2D eigenvalue weighted by Crippen LogP contribution is 2.25. The molecule has 0 aromatic rings. The van der Waals surface area contributed by atoms with Gasteiger partial charge in [0.1, 0.15) is 0 Å². The highest BCUT2D eigenvalue weighted by molar-refractivity contribution is 14.2. The first-order valence-corrected chi connectivity index (χ1v) is 4.57. The number of halogens is 2. The highest BCUT2D eigenvalue weighted by Gasteiger charge is 2.08. The van der Waals surface area contributed by atoms with E-state index in [0.29, 0.717) is 0 Å². The second kappa shape index (κ2) is 3.36. The lowest BCUT2D eigenvalue weighted by Crippen LogP contribution is -1.79. The molecule has 1 saturated heterocycles. The largest absolute Gasteiger partial charge is 0.377 e. The Kier molecular flexibility index (Phi) is 3.05. The Bertz CT molecular complexity index is 108. The van der Waals surface area contributed by atoms with Crippen molar-refractivity contribution in [1.29, 1.82) is 0 Å². The van der Waals surface area contributed by atoms with Crippen LogP contribution in [0.4, 0.5) is 0 Å². The fourth-order valence-electron chi connectivity index (χ4n) is 0.612. The predicted molar refractivity (Wildman–Crippen MR) is 50.5 cm³/mol. The first-order valence-electron chi connectivity index (χ1n) is 2.41. The summed E-state index contributed by atoms with van der Waals surface area (Å²) in [6.45, 7) is 1.78. The van der Waals surface area contributed by atoms with Crippen molar-refractivity contribution in [3.63, 3.8) is 0 Å². The molecule has 0 aromatic carbocycles. The molecule has 46 valence electrons. The molecule has 3 heteroatoms. The maximum Gasteiger partial charge on any atom is 0.0695 e. The molecule has 1 heterocycles. The molecule has 0 spiro atoms. The van der Waals surface area contributed by atoms with Gasteiger partial charge in [0.2, 0.25) is 0 Å². The van der Waals surface area contributed by atoms with E-state index in [1.165, 1.54) is 7.16 Å². The minimum absolute atomic E-state index is 0.862. The van der Waals surface area contributed by atoms with Crippen molar-refractivity contribution in [3.05, 3.63) is 7.16 Å². The summed E-state index contributed by atoms with van der Waals surface area (Å²) in [6, 6.07) is 0. The molecule has 0 aliphatic carbocycles. The summed E-state index contributed by atoms with van der Waals surface area (Å²) in [4.78, 5) is 0. The molecule has 1 nitrogen and oxygen atoms in total. The lowest BCUT2D eigenvalue weighted by molar-refractivity contribution is 0.205. The zero-order chi connectivity index (χ0) is 5.98. The Morgan fingerprint density at radius 2 is 2.25 bits per heavy atom. The van der Waals surface area contributed by atoms with Gasteiger partial charge in [0, 0.05) is 0 Å². The second-order valence-electron chi connectivity index (χ2n) is 1.67. The zero-order valence-corrected chi connectivity index (χ0v) is 8.60. The molecular formula is C5H6I2O. The minimum atomic E-state index is 0.862. The van der Waals surface area contributed by atoms with Gasteiger partial charge in [-0.05, 0) is 57.2 Å². The quantitative estimate of drug-likeness (QED) is 0.618. The Morgan fingerprint density at radius 1 is 1.50 bits per heavy atom. The van der Waals surface area contributed by atoms with Crippen LogP contribution in [-0.2, 0) is 4.74 Å². The molecule has 8 heavy (non-hydrogen) atoms. The van der Waals surface area contributed by atoms with Crippen LogP contribution in [0, 0.1) is 0 Å². The van der Waals surface area contributed by atoms with E-state index < -0.39 is 0 Å². The van der Waals surface area contributed by atoms with Crippen molar-refractivity contribution < 1.29 is 4.74 Å². The molecular weight excluding hydrogens is 330 g/mol. The molecule has 0 aromatic heterocycles. The average Bonchev–Trinajstić information content (AvgIpc) is 2.12. The summed E-state index contributed by atoms with van der Waals surface area (Å²) >= 11 is 4.66. The smallest absolute Gasteiger partial charge is 0.0695 e. The molecule has 0 N–H and O–H groups in total. The standard InChI is InChI=1S/C5H6I2O/c6-5(7)4-1-2-8-3-4/h1-3H2. The molecule has 0 amide bonds. The van der Waals surface area contributed by atoms with Crippen molar-refractivity contribution in [2.24, 2.45) is 0 Å². The molecule has 1 aliphatic rings. The first-order chi connectivity index (χ1) is 3.80. The van der Waals surface area contributed by atoms with Crippen LogP contribution >= 0.6 is 45.2 Å². The second-order valence-corrected chi connectivity index (χ2v) is 5.89. The molecule has 1 aliphatic heterocycles. The Balaban J connectivity index is 2.58. The summed E-state index contributed by atoms with van der Waals surface area (Å²) < 4.78 is 6.52. The third kappa shape index (κ3) is 1.84. The molecule has 0 unspecified atom stereocenters. The monoisotopic (exact) mass is 336 g/mol. The van der Waals surface area contributed by atoms with Gasteiger partial charge in [-0.15, -0.1) is 0 Å². The Hall–Kier alpha value is 1.16. The van der Waals surface area contributed by atoms with Crippen LogP contribution in [0.1, 0.15) is 6.42 Å². The molecule has 0 saturated carbocycles. The van der Waals surface area contributed by atoms with Crippen molar-refractivity contribution in [2.45, 2.75) is 6.42 Å². The van der Waals surface area contributed by atoms with E-state index in [0.717, 1.165) is 19.6 Å². The van der Waals surface area contributed by atoms with E-state index in [4.69, 9.17) is 4.74 Å². The van der Waals surface area contributed by atoms with Crippen LogP contribution in [0.3, 0.4) is 0 Å². The van der Waals surface area contributed by atoms with Crippen LogP contribution < -0.4 is 0 Å². The van der Waals surface area contributed by atoms with Crippen LogP contribution in [-0.4, -0.2) is 13.2 Å².